The molecular weight excluding hydrogens is 430 g/mol. The van der Waals surface area contributed by atoms with Crippen molar-refractivity contribution in [1.29, 1.82) is 0 Å². The van der Waals surface area contributed by atoms with Gasteiger partial charge in [0.25, 0.3) is 0 Å². The minimum absolute atomic E-state index is 0.0201. The van der Waals surface area contributed by atoms with Crippen molar-refractivity contribution in [3.05, 3.63) is 100 Å². The number of carbonyl (C=O) groups excluding carboxylic acids is 1. The van der Waals surface area contributed by atoms with Crippen molar-refractivity contribution in [2.24, 2.45) is 0 Å². The summed E-state index contributed by atoms with van der Waals surface area (Å²) < 4.78 is 2.00. The first-order valence-corrected chi connectivity index (χ1v) is 12.0. The van der Waals surface area contributed by atoms with E-state index in [0.29, 0.717) is 12.3 Å². The number of rotatable bonds is 9. The van der Waals surface area contributed by atoms with Crippen LogP contribution in [0.3, 0.4) is 0 Å². The third-order valence-corrected chi connectivity index (χ3v) is 6.56. The van der Waals surface area contributed by atoms with Crippen molar-refractivity contribution < 1.29 is 4.79 Å². The number of H-pyrrole nitrogens is 1. The van der Waals surface area contributed by atoms with E-state index in [4.69, 9.17) is 0 Å². The number of hydrogen-bond acceptors (Lipinski definition) is 4. The van der Waals surface area contributed by atoms with Crippen LogP contribution in [0, 0.1) is 20.8 Å². The maximum Gasteiger partial charge on any atom is 0.230 e. The Morgan fingerprint density at radius 3 is 2.36 bits per heavy atom. The molecular formula is C26H29N5OS. The highest BCUT2D eigenvalue weighted by Gasteiger charge is 2.14. The quantitative estimate of drug-likeness (QED) is 0.359. The summed E-state index contributed by atoms with van der Waals surface area (Å²) in [6.07, 6.45) is 0.779. The molecule has 2 aromatic heterocycles. The first-order valence-electron chi connectivity index (χ1n) is 11.1. The molecule has 0 atom stereocenters. The van der Waals surface area contributed by atoms with Gasteiger partial charge in [-0.15, -0.1) is 0 Å². The second-order valence-corrected chi connectivity index (χ2v) is 9.10. The fraction of sp³-hybridized carbons (Fsp3) is 0.269. The monoisotopic (exact) mass is 459 g/mol. The smallest absolute Gasteiger partial charge is 0.230 e. The third-order valence-electron chi connectivity index (χ3n) is 5.69. The molecule has 0 saturated carbocycles. The average molecular weight is 460 g/mol. The second-order valence-electron chi connectivity index (χ2n) is 8.13. The number of benzene rings is 2. The van der Waals surface area contributed by atoms with Gasteiger partial charge in [-0.25, -0.2) is 4.98 Å². The standard InChI is InChI=1S/C26H29N5OS/c1-18-23(20(3)31(30-18)16-22-12-8-5-9-13-22)15-27-25(32)17-33-26-28-19(2)24(29-26)14-21-10-6-4-7-11-21/h4-13H,14-17H2,1-3H3,(H,27,32)(H,28,29). The van der Waals surface area contributed by atoms with Crippen LogP contribution in [0.25, 0.3) is 0 Å². The minimum Gasteiger partial charge on any atom is -0.351 e. The Morgan fingerprint density at radius 1 is 1.00 bits per heavy atom. The zero-order valence-corrected chi connectivity index (χ0v) is 20.1. The molecule has 0 fully saturated rings. The molecule has 2 heterocycles. The molecule has 170 valence electrons. The maximum atomic E-state index is 12.5. The van der Waals surface area contributed by atoms with Crippen LogP contribution in [0.5, 0.6) is 0 Å². The van der Waals surface area contributed by atoms with E-state index in [1.807, 2.05) is 54.9 Å². The van der Waals surface area contributed by atoms with Gasteiger partial charge >= 0.3 is 0 Å². The molecule has 4 rings (SSSR count). The lowest BCUT2D eigenvalue weighted by atomic mass is 10.1. The van der Waals surface area contributed by atoms with Crippen molar-refractivity contribution in [3.8, 4) is 0 Å². The molecule has 2 aromatic carbocycles. The molecule has 0 aliphatic rings. The van der Waals surface area contributed by atoms with Gasteiger partial charge in [0, 0.05) is 29.9 Å². The fourth-order valence-corrected chi connectivity index (χ4v) is 4.54. The van der Waals surface area contributed by atoms with E-state index >= 15 is 0 Å². The van der Waals surface area contributed by atoms with Gasteiger partial charge in [0.15, 0.2) is 5.16 Å². The number of hydrogen-bond donors (Lipinski definition) is 2. The van der Waals surface area contributed by atoms with E-state index in [1.54, 1.807) is 0 Å². The van der Waals surface area contributed by atoms with Crippen molar-refractivity contribution in [1.82, 2.24) is 25.1 Å². The predicted octanol–water partition coefficient (Wildman–Crippen LogP) is 4.58. The number of thioether (sulfide) groups is 1. The summed E-state index contributed by atoms with van der Waals surface area (Å²) in [6.45, 7) is 7.26. The van der Waals surface area contributed by atoms with Crippen molar-refractivity contribution >= 4 is 17.7 Å². The summed E-state index contributed by atoms with van der Waals surface area (Å²) in [5, 5.41) is 8.48. The number of nitrogens with zero attached hydrogens (tertiary/aromatic N) is 3. The van der Waals surface area contributed by atoms with Crippen LogP contribution >= 0.6 is 11.8 Å². The van der Waals surface area contributed by atoms with Gasteiger partial charge in [0.05, 0.1) is 23.7 Å². The predicted molar refractivity (Wildman–Crippen MR) is 132 cm³/mol. The van der Waals surface area contributed by atoms with Gasteiger partial charge in [-0.05, 0) is 31.9 Å². The van der Waals surface area contributed by atoms with Crippen molar-refractivity contribution in [2.75, 3.05) is 5.75 Å². The molecule has 0 spiro atoms. The Labute approximate surface area is 198 Å². The van der Waals surface area contributed by atoms with Gasteiger partial charge in [0.2, 0.25) is 5.91 Å². The van der Waals surface area contributed by atoms with Gasteiger partial charge in [-0.3, -0.25) is 9.48 Å². The van der Waals surface area contributed by atoms with Crippen molar-refractivity contribution in [3.63, 3.8) is 0 Å². The van der Waals surface area contributed by atoms with Crippen LogP contribution in [0.4, 0.5) is 0 Å². The van der Waals surface area contributed by atoms with Crippen LogP contribution in [0.15, 0.2) is 65.8 Å². The molecule has 0 radical (unpaired) electrons. The number of aromatic amines is 1. The topological polar surface area (TPSA) is 75.6 Å². The van der Waals surface area contributed by atoms with Crippen LogP contribution in [0.1, 0.15) is 39.5 Å². The average Bonchev–Trinajstić information content (AvgIpc) is 3.30. The highest BCUT2D eigenvalue weighted by Crippen LogP contribution is 2.19. The molecule has 0 bridgehead atoms. The number of amides is 1. The summed E-state index contributed by atoms with van der Waals surface area (Å²) in [6, 6.07) is 20.5. The molecule has 7 heteroatoms. The number of nitrogens with one attached hydrogen (secondary N) is 2. The Balaban J connectivity index is 1.30. The first kappa shape index (κ1) is 22.9. The van der Waals surface area contributed by atoms with E-state index in [9.17, 15) is 4.79 Å². The van der Waals surface area contributed by atoms with Gasteiger partial charge in [0.1, 0.15) is 0 Å². The molecule has 0 aliphatic carbocycles. The Kier molecular flexibility index (Phi) is 7.29. The highest BCUT2D eigenvalue weighted by atomic mass is 32.2. The molecule has 0 aliphatic heterocycles. The number of carbonyl (C=O) groups is 1. The number of aryl methyl sites for hydroxylation is 2. The van der Waals surface area contributed by atoms with Gasteiger partial charge in [-0.1, -0.05) is 72.4 Å². The summed E-state index contributed by atoms with van der Waals surface area (Å²) in [5.41, 5.74) is 7.58. The fourth-order valence-electron chi connectivity index (χ4n) is 3.77. The lowest BCUT2D eigenvalue weighted by Crippen LogP contribution is -2.25. The summed E-state index contributed by atoms with van der Waals surface area (Å²) >= 11 is 1.43. The minimum atomic E-state index is -0.0201. The third kappa shape index (κ3) is 5.93. The molecule has 4 aromatic rings. The van der Waals surface area contributed by atoms with Gasteiger partial charge in [-0.2, -0.15) is 5.10 Å². The lowest BCUT2D eigenvalue weighted by molar-refractivity contribution is -0.118. The largest absolute Gasteiger partial charge is 0.351 e. The first-order chi connectivity index (χ1) is 16.0. The molecule has 6 nitrogen and oxygen atoms in total. The van der Waals surface area contributed by atoms with Crippen LogP contribution in [0.2, 0.25) is 0 Å². The molecule has 0 saturated heterocycles. The Hall–Kier alpha value is -3.32. The van der Waals surface area contributed by atoms with E-state index < -0.39 is 0 Å². The van der Waals surface area contributed by atoms with Crippen molar-refractivity contribution in [2.45, 2.75) is 45.4 Å². The maximum absolute atomic E-state index is 12.5. The lowest BCUT2D eigenvalue weighted by Gasteiger charge is -2.07. The van der Waals surface area contributed by atoms with Gasteiger partial charge < -0.3 is 10.3 Å². The zero-order valence-electron chi connectivity index (χ0n) is 19.3. The Bertz CT molecular complexity index is 1210. The molecule has 33 heavy (non-hydrogen) atoms. The second kappa shape index (κ2) is 10.5. The normalized spacial score (nSPS) is 11.0. The molecule has 1 amide bonds. The van der Waals surface area contributed by atoms with E-state index in [2.05, 4.69) is 51.6 Å². The van der Waals surface area contributed by atoms with Crippen LogP contribution in [-0.4, -0.2) is 31.4 Å². The zero-order chi connectivity index (χ0) is 23.2. The van der Waals surface area contributed by atoms with E-state index in [0.717, 1.165) is 46.5 Å². The van der Waals surface area contributed by atoms with Crippen LogP contribution in [-0.2, 0) is 24.3 Å². The molecule has 2 N–H and O–H groups in total. The summed E-state index contributed by atoms with van der Waals surface area (Å²) in [4.78, 5) is 20.5. The SMILES string of the molecule is Cc1nn(Cc2ccccc2)c(C)c1CNC(=O)CSc1nc(Cc2ccccc2)c(C)[nH]1. The molecule has 0 unspecified atom stereocenters. The number of imidazole rings is 1. The summed E-state index contributed by atoms with van der Waals surface area (Å²) in [7, 11) is 0. The summed E-state index contributed by atoms with van der Waals surface area (Å²) in [5.74, 6) is 0.293. The Morgan fingerprint density at radius 2 is 1.67 bits per heavy atom. The number of aromatic nitrogens is 4. The highest BCUT2D eigenvalue weighted by molar-refractivity contribution is 7.99. The van der Waals surface area contributed by atoms with E-state index in [-0.39, 0.29) is 5.91 Å². The van der Waals surface area contributed by atoms with Crippen LogP contribution < -0.4 is 5.32 Å². The van der Waals surface area contributed by atoms with E-state index in [1.165, 1.54) is 22.9 Å².